The normalized spacial score (nSPS) is 16.0. The SMILES string of the molecule is c1ccc(Oc2ccc(C3CC(Oc4cccnc4)=NO3)cc2)cc1. The van der Waals surface area contributed by atoms with Crippen molar-refractivity contribution in [1.82, 2.24) is 4.98 Å². The van der Waals surface area contributed by atoms with Crippen LogP contribution in [0.2, 0.25) is 0 Å². The number of pyridine rings is 1. The summed E-state index contributed by atoms with van der Waals surface area (Å²) in [4.78, 5) is 9.50. The number of rotatable bonds is 4. The molecule has 1 unspecified atom stereocenters. The minimum absolute atomic E-state index is 0.155. The van der Waals surface area contributed by atoms with Gasteiger partial charge < -0.3 is 14.3 Å². The minimum Gasteiger partial charge on any atom is -0.457 e. The molecule has 0 bridgehead atoms. The van der Waals surface area contributed by atoms with Gasteiger partial charge in [0.2, 0.25) is 5.90 Å². The predicted molar refractivity (Wildman–Crippen MR) is 93.7 cm³/mol. The highest BCUT2D eigenvalue weighted by molar-refractivity contribution is 5.79. The van der Waals surface area contributed by atoms with Gasteiger partial charge in [-0.1, -0.05) is 35.5 Å². The Balaban J connectivity index is 1.37. The van der Waals surface area contributed by atoms with Gasteiger partial charge in [-0.3, -0.25) is 4.98 Å². The zero-order valence-corrected chi connectivity index (χ0v) is 13.4. The van der Waals surface area contributed by atoms with Crippen LogP contribution >= 0.6 is 0 Å². The molecule has 2 heterocycles. The van der Waals surface area contributed by atoms with Crippen LogP contribution in [0.1, 0.15) is 18.1 Å². The zero-order valence-electron chi connectivity index (χ0n) is 13.4. The Hall–Kier alpha value is -3.34. The summed E-state index contributed by atoms with van der Waals surface area (Å²) in [6, 6.07) is 21.1. The van der Waals surface area contributed by atoms with E-state index < -0.39 is 0 Å². The summed E-state index contributed by atoms with van der Waals surface area (Å²) in [6.45, 7) is 0. The van der Waals surface area contributed by atoms with Gasteiger partial charge in [0.1, 0.15) is 17.2 Å². The van der Waals surface area contributed by atoms with E-state index in [1.165, 1.54) is 0 Å². The number of aromatic nitrogens is 1. The van der Waals surface area contributed by atoms with Crippen molar-refractivity contribution in [2.75, 3.05) is 0 Å². The molecule has 1 aliphatic rings. The van der Waals surface area contributed by atoms with Gasteiger partial charge in [0.05, 0.1) is 12.6 Å². The molecule has 124 valence electrons. The maximum absolute atomic E-state index is 5.80. The van der Waals surface area contributed by atoms with E-state index >= 15 is 0 Å². The average Bonchev–Trinajstić information content (AvgIpc) is 3.12. The van der Waals surface area contributed by atoms with E-state index in [4.69, 9.17) is 14.3 Å². The lowest BCUT2D eigenvalue weighted by Gasteiger charge is -2.10. The van der Waals surface area contributed by atoms with E-state index in [1.807, 2.05) is 66.7 Å². The first-order valence-corrected chi connectivity index (χ1v) is 8.00. The smallest absolute Gasteiger partial charge is 0.235 e. The number of ether oxygens (including phenoxy) is 2. The van der Waals surface area contributed by atoms with Crippen molar-refractivity contribution in [3.05, 3.63) is 84.7 Å². The number of benzene rings is 2. The van der Waals surface area contributed by atoms with Crippen LogP contribution in [0, 0.1) is 0 Å². The molecule has 1 aromatic heterocycles. The second-order valence-electron chi connectivity index (χ2n) is 5.56. The van der Waals surface area contributed by atoms with Gasteiger partial charge in [-0.25, -0.2) is 0 Å². The highest BCUT2D eigenvalue weighted by atomic mass is 16.7. The fraction of sp³-hybridized carbons (Fsp3) is 0.100. The fourth-order valence-corrected chi connectivity index (χ4v) is 2.51. The summed E-state index contributed by atoms with van der Waals surface area (Å²) in [5.74, 6) is 2.78. The van der Waals surface area contributed by atoms with Gasteiger partial charge in [0.15, 0.2) is 6.10 Å². The maximum atomic E-state index is 5.80. The first-order chi connectivity index (χ1) is 12.4. The van der Waals surface area contributed by atoms with Crippen LogP contribution < -0.4 is 9.47 Å². The Kier molecular flexibility index (Phi) is 4.29. The number of hydrogen-bond donors (Lipinski definition) is 0. The van der Waals surface area contributed by atoms with E-state index in [2.05, 4.69) is 10.1 Å². The molecule has 0 aliphatic carbocycles. The molecule has 4 rings (SSSR count). The molecule has 1 atom stereocenters. The summed E-state index contributed by atoms with van der Waals surface area (Å²) in [5, 5.41) is 4.01. The van der Waals surface area contributed by atoms with Crippen LogP contribution in [0.4, 0.5) is 0 Å². The van der Waals surface area contributed by atoms with E-state index in [0.29, 0.717) is 18.1 Å². The third kappa shape index (κ3) is 3.77. The van der Waals surface area contributed by atoms with Gasteiger partial charge in [0.25, 0.3) is 0 Å². The van der Waals surface area contributed by atoms with Gasteiger partial charge in [-0.15, -0.1) is 0 Å². The van der Waals surface area contributed by atoms with Crippen molar-refractivity contribution in [2.24, 2.45) is 5.16 Å². The quantitative estimate of drug-likeness (QED) is 0.693. The van der Waals surface area contributed by atoms with E-state index in [9.17, 15) is 0 Å². The molecule has 0 radical (unpaired) electrons. The monoisotopic (exact) mass is 332 g/mol. The fourth-order valence-electron chi connectivity index (χ4n) is 2.51. The molecule has 5 nitrogen and oxygen atoms in total. The van der Waals surface area contributed by atoms with Gasteiger partial charge in [-0.05, 0) is 42.0 Å². The second-order valence-corrected chi connectivity index (χ2v) is 5.56. The number of para-hydroxylation sites is 1. The van der Waals surface area contributed by atoms with Crippen LogP contribution in [0.5, 0.6) is 17.2 Å². The molecule has 2 aromatic carbocycles. The minimum atomic E-state index is -0.155. The van der Waals surface area contributed by atoms with Crippen LogP contribution in [-0.4, -0.2) is 10.9 Å². The van der Waals surface area contributed by atoms with Crippen molar-refractivity contribution in [1.29, 1.82) is 0 Å². The highest BCUT2D eigenvalue weighted by Gasteiger charge is 2.24. The molecule has 0 saturated carbocycles. The second kappa shape index (κ2) is 7.05. The molecule has 0 fully saturated rings. The number of hydrogen-bond acceptors (Lipinski definition) is 5. The summed E-state index contributed by atoms with van der Waals surface area (Å²) < 4.78 is 11.5. The Bertz CT molecular complexity index is 849. The largest absolute Gasteiger partial charge is 0.457 e. The van der Waals surface area contributed by atoms with Crippen molar-refractivity contribution in [3.63, 3.8) is 0 Å². The van der Waals surface area contributed by atoms with Crippen molar-refractivity contribution in [3.8, 4) is 17.2 Å². The lowest BCUT2D eigenvalue weighted by atomic mass is 10.1. The van der Waals surface area contributed by atoms with Crippen molar-refractivity contribution in [2.45, 2.75) is 12.5 Å². The molecule has 1 aliphatic heterocycles. The first kappa shape index (κ1) is 15.2. The molecular formula is C20H16N2O3. The molecule has 0 spiro atoms. The first-order valence-electron chi connectivity index (χ1n) is 8.00. The Morgan fingerprint density at radius 2 is 1.56 bits per heavy atom. The molecule has 25 heavy (non-hydrogen) atoms. The highest BCUT2D eigenvalue weighted by Crippen LogP contribution is 2.30. The van der Waals surface area contributed by atoms with E-state index in [0.717, 1.165) is 17.1 Å². The topological polar surface area (TPSA) is 52.9 Å². The molecule has 5 heteroatoms. The molecular weight excluding hydrogens is 316 g/mol. The summed E-state index contributed by atoms with van der Waals surface area (Å²) in [5.41, 5.74) is 1.02. The van der Waals surface area contributed by atoms with Crippen LogP contribution in [-0.2, 0) is 4.84 Å². The summed E-state index contributed by atoms with van der Waals surface area (Å²) >= 11 is 0. The van der Waals surface area contributed by atoms with E-state index in [1.54, 1.807) is 12.4 Å². The molecule has 0 N–H and O–H groups in total. The van der Waals surface area contributed by atoms with Crippen molar-refractivity contribution >= 4 is 5.90 Å². The van der Waals surface area contributed by atoms with E-state index in [-0.39, 0.29) is 6.10 Å². The average molecular weight is 332 g/mol. The Labute approximate surface area is 145 Å². The predicted octanol–water partition coefficient (Wildman–Crippen LogP) is 4.73. The van der Waals surface area contributed by atoms with Crippen LogP contribution in [0.3, 0.4) is 0 Å². The van der Waals surface area contributed by atoms with Gasteiger partial charge in [0, 0.05) is 6.20 Å². The van der Waals surface area contributed by atoms with Gasteiger partial charge >= 0.3 is 0 Å². The summed E-state index contributed by atoms with van der Waals surface area (Å²) in [7, 11) is 0. The third-order valence-corrected chi connectivity index (χ3v) is 3.74. The van der Waals surface area contributed by atoms with Crippen LogP contribution in [0.15, 0.2) is 84.3 Å². The van der Waals surface area contributed by atoms with Crippen LogP contribution in [0.25, 0.3) is 0 Å². The zero-order chi connectivity index (χ0) is 16.9. The maximum Gasteiger partial charge on any atom is 0.235 e. The number of nitrogens with zero attached hydrogens (tertiary/aromatic N) is 2. The lowest BCUT2D eigenvalue weighted by Crippen LogP contribution is -2.07. The summed E-state index contributed by atoms with van der Waals surface area (Å²) in [6.07, 6.45) is 3.76. The number of oxime groups is 1. The Morgan fingerprint density at radius 3 is 2.32 bits per heavy atom. The molecule has 3 aromatic rings. The third-order valence-electron chi connectivity index (χ3n) is 3.74. The van der Waals surface area contributed by atoms with Gasteiger partial charge in [-0.2, -0.15) is 0 Å². The standard InChI is InChI=1S/C20H16N2O3/c1-2-5-16(6-3-1)23-17-10-8-15(9-11-17)19-13-20(22-25-19)24-18-7-4-12-21-14-18/h1-12,14,19H,13H2. The molecule has 0 saturated heterocycles. The molecule has 0 amide bonds. The lowest BCUT2D eigenvalue weighted by molar-refractivity contribution is 0.0855. The Morgan fingerprint density at radius 1 is 0.800 bits per heavy atom. The van der Waals surface area contributed by atoms with Crippen molar-refractivity contribution < 1.29 is 14.3 Å².